The third kappa shape index (κ3) is 4.22. The summed E-state index contributed by atoms with van der Waals surface area (Å²) in [6.45, 7) is 2.20. The number of benzene rings is 2. The van der Waals surface area contributed by atoms with E-state index in [2.05, 4.69) is 10.1 Å². The number of halogens is 2. The number of para-hydroxylation sites is 2. The van der Waals surface area contributed by atoms with Crippen molar-refractivity contribution in [3.63, 3.8) is 0 Å². The molecule has 0 unspecified atom stereocenters. The van der Waals surface area contributed by atoms with Crippen LogP contribution >= 0.6 is 23.2 Å². The zero-order valence-corrected chi connectivity index (χ0v) is 21.4. The molecule has 2 aliphatic rings. The number of H-pyrrole nitrogens is 1. The van der Waals surface area contributed by atoms with Gasteiger partial charge >= 0.3 is 5.69 Å². The molecule has 11 heteroatoms. The molecule has 2 amide bonds. The van der Waals surface area contributed by atoms with Gasteiger partial charge in [0.05, 0.1) is 17.6 Å². The van der Waals surface area contributed by atoms with Crippen LogP contribution in [0.2, 0.25) is 10.0 Å². The van der Waals surface area contributed by atoms with Crippen LogP contribution in [0.4, 0.5) is 0 Å². The molecule has 190 valence electrons. The fourth-order valence-corrected chi connectivity index (χ4v) is 5.81. The average molecular weight is 539 g/mol. The Bertz CT molecular complexity index is 1560. The zero-order chi connectivity index (χ0) is 25.7. The van der Waals surface area contributed by atoms with Crippen LogP contribution in [-0.4, -0.2) is 60.6 Å². The van der Waals surface area contributed by atoms with Crippen molar-refractivity contribution in [1.82, 2.24) is 29.1 Å². The summed E-state index contributed by atoms with van der Waals surface area (Å²) in [4.78, 5) is 45.3. The third-order valence-corrected chi connectivity index (χ3v) is 7.95. The summed E-state index contributed by atoms with van der Waals surface area (Å²) in [6.07, 6.45) is 1.32. The highest BCUT2D eigenvalue weighted by molar-refractivity contribution is 6.36. The zero-order valence-electron chi connectivity index (χ0n) is 19.9. The SMILES string of the molecule is O=C(c1cc2n(n1)CCN(Cc1c(Cl)cccc1Cl)C2=O)N1CCC(n2c(=O)[nH]c3ccccc32)CC1. The molecule has 0 radical (unpaired) electrons. The van der Waals surface area contributed by atoms with Gasteiger partial charge in [-0.15, -0.1) is 0 Å². The van der Waals surface area contributed by atoms with Gasteiger partial charge in [-0.2, -0.15) is 5.10 Å². The second-order valence-corrected chi connectivity index (χ2v) is 10.2. The van der Waals surface area contributed by atoms with Crippen molar-refractivity contribution >= 4 is 46.0 Å². The van der Waals surface area contributed by atoms with Crippen LogP contribution in [0, 0.1) is 0 Å². The van der Waals surface area contributed by atoms with Crippen LogP contribution in [0.15, 0.2) is 53.3 Å². The maximum absolute atomic E-state index is 13.3. The number of imidazole rings is 1. The Morgan fingerprint density at radius 3 is 2.46 bits per heavy atom. The number of aromatic amines is 1. The number of piperidine rings is 1. The van der Waals surface area contributed by atoms with E-state index in [0.717, 1.165) is 11.0 Å². The maximum atomic E-state index is 13.3. The summed E-state index contributed by atoms with van der Waals surface area (Å²) in [5.74, 6) is -0.425. The number of amides is 2. The number of likely N-dealkylation sites (tertiary alicyclic amines) is 1. The molecule has 2 aliphatic heterocycles. The summed E-state index contributed by atoms with van der Waals surface area (Å²) < 4.78 is 3.39. The van der Waals surface area contributed by atoms with Crippen LogP contribution in [-0.2, 0) is 13.1 Å². The number of aromatic nitrogens is 4. The minimum absolute atomic E-state index is 0.00896. The number of nitrogens with zero attached hydrogens (tertiary/aromatic N) is 5. The van der Waals surface area contributed by atoms with E-state index in [0.29, 0.717) is 60.3 Å². The topological polar surface area (TPSA) is 96.2 Å². The van der Waals surface area contributed by atoms with E-state index in [1.54, 1.807) is 43.3 Å². The van der Waals surface area contributed by atoms with Crippen molar-refractivity contribution in [3.8, 4) is 0 Å². The second kappa shape index (κ2) is 9.39. The lowest BCUT2D eigenvalue weighted by molar-refractivity contribution is 0.0672. The Kier molecular flexibility index (Phi) is 6.04. The highest BCUT2D eigenvalue weighted by Crippen LogP contribution is 2.28. The normalized spacial score (nSPS) is 16.4. The van der Waals surface area contributed by atoms with Gasteiger partial charge in [0.25, 0.3) is 11.8 Å². The fourth-order valence-electron chi connectivity index (χ4n) is 5.29. The van der Waals surface area contributed by atoms with E-state index in [-0.39, 0.29) is 35.8 Å². The molecule has 0 spiro atoms. The van der Waals surface area contributed by atoms with Crippen LogP contribution in [0.3, 0.4) is 0 Å². The van der Waals surface area contributed by atoms with Gasteiger partial charge in [0.2, 0.25) is 0 Å². The monoisotopic (exact) mass is 538 g/mol. The molecular weight excluding hydrogens is 515 g/mol. The third-order valence-electron chi connectivity index (χ3n) is 7.24. The number of hydrogen-bond acceptors (Lipinski definition) is 4. The van der Waals surface area contributed by atoms with Crippen molar-refractivity contribution < 1.29 is 9.59 Å². The molecule has 0 atom stereocenters. The number of fused-ring (bicyclic) bond motifs is 2. The van der Waals surface area contributed by atoms with Crippen molar-refractivity contribution in [3.05, 3.63) is 86.0 Å². The predicted octanol–water partition coefficient (Wildman–Crippen LogP) is 3.97. The van der Waals surface area contributed by atoms with E-state index in [1.807, 2.05) is 24.3 Å². The first-order valence-corrected chi connectivity index (χ1v) is 12.9. The first-order chi connectivity index (χ1) is 17.9. The standard InChI is InChI=1S/C26H24Cl2N6O3/c27-18-4-3-5-19(28)17(18)15-32-12-13-33-23(25(32)36)14-21(30-33)24(35)31-10-8-16(9-11-31)34-22-7-2-1-6-20(22)29-26(34)37/h1-7,14,16H,8-13,15H2,(H,29,37). The number of carbonyl (C=O) groups excluding carboxylic acids is 2. The van der Waals surface area contributed by atoms with Crippen molar-refractivity contribution in [2.24, 2.45) is 0 Å². The molecule has 0 saturated carbocycles. The molecule has 1 fully saturated rings. The molecule has 1 saturated heterocycles. The molecule has 4 aromatic rings. The van der Waals surface area contributed by atoms with E-state index in [4.69, 9.17) is 23.2 Å². The average Bonchev–Trinajstić information content (AvgIpc) is 3.48. The van der Waals surface area contributed by atoms with Gasteiger partial charge in [-0.25, -0.2) is 4.79 Å². The van der Waals surface area contributed by atoms with Gasteiger partial charge in [-0.05, 0) is 37.1 Å². The van der Waals surface area contributed by atoms with Crippen LogP contribution in [0.5, 0.6) is 0 Å². The number of carbonyl (C=O) groups is 2. The summed E-state index contributed by atoms with van der Waals surface area (Å²) in [7, 11) is 0. The molecule has 6 rings (SSSR count). The predicted molar refractivity (Wildman–Crippen MR) is 140 cm³/mol. The van der Waals surface area contributed by atoms with E-state index in [9.17, 15) is 14.4 Å². The van der Waals surface area contributed by atoms with Gasteiger partial charge in [0, 0.05) is 53.9 Å². The van der Waals surface area contributed by atoms with E-state index >= 15 is 0 Å². The lowest BCUT2D eigenvalue weighted by Gasteiger charge is -2.32. The number of rotatable bonds is 4. The van der Waals surface area contributed by atoms with Crippen LogP contribution < -0.4 is 5.69 Å². The van der Waals surface area contributed by atoms with Crippen molar-refractivity contribution in [1.29, 1.82) is 0 Å². The largest absolute Gasteiger partial charge is 0.337 e. The highest BCUT2D eigenvalue weighted by Gasteiger charge is 2.32. The van der Waals surface area contributed by atoms with Crippen LogP contribution in [0.1, 0.15) is 45.4 Å². The molecule has 2 aromatic heterocycles. The van der Waals surface area contributed by atoms with E-state index in [1.165, 1.54) is 0 Å². The number of nitrogens with one attached hydrogen (secondary N) is 1. The van der Waals surface area contributed by atoms with Crippen LogP contribution in [0.25, 0.3) is 11.0 Å². The molecule has 37 heavy (non-hydrogen) atoms. The summed E-state index contributed by atoms with van der Waals surface area (Å²) in [5.41, 5.74) is 2.88. The van der Waals surface area contributed by atoms with Gasteiger partial charge in [-0.1, -0.05) is 41.4 Å². The molecule has 9 nitrogen and oxygen atoms in total. The first kappa shape index (κ1) is 23.8. The lowest BCUT2D eigenvalue weighted by atomic mass is 10.0. The van der Waals surface area contributed by atoms with E-state index < -0.39 is 0 Å². The lowest BCUT2D eigenvalue weighted by Crippen LogP contribution is -2.40. The quantitative estimate of drug-likeness (QED) is 0.425. The Balaban J connectivity index is 1.15. The number of hydrogen-bond donors (Lipinski definition) is 1. The summed E-state index contributed by atoms with van der Waals surface area (Å²) >= 11 is 12.6. The Hall–Kier alpha value is -3.56. The van der Waals surface area contributed by atoms with Gasteiger partial charge in [0.15, 0.2) is 5.69 Å². The molecular formula is C26H24Cl2N6O3. The van der Waals surface area contributed by atoms with Gasteiger partial charge in [0.1, 0.15) is 5.69 Å². The van der Waals surface area contributed by atoms with Crippen molar-refractivity contribution in [2.45, 2.75) is 32.0 Å². The molecule has 4 heterocycles. The minimum Gasteiger partial charge on any atom is -0.337 e. The smallest absolute Gasteiger partial charge is 0.326 e. The Labute approximate surface area is 222 Å². The maximum Gasteiger partial charge on any atom is 0.326 e. The van der Waals surface area contributed by atoms with Gasteiger partial charge < -0.3 is 14.8 Å². The van der Waals surface area contributed by atoms with Gasteiger partial charge in [-0.3, -0.25) is 18.8 Å². The highest BCUT2D eigenvalue weighted by atomic mass is 35.5. The molecule has 2 aromatic carbocycles. The molecule has 0 aliphatic carbocycles. The fraction of sp³-hybridized carbons (Fsp3) is 0.308. The summed E-state index contributed by atoms with van der Waals surface area (Å²) in [6, 6.07) is 14.5. The Morgan fingerprint density at radius 2 is 1.70 bits per heavy atom. The van der Waals surface area contributed by atoms with Crippen molar-refractivity contribution in [2.75, 3.05) is 19.6 Å². The summed E-state index contributed by atoms with van der Waals surface area (Å²) in [5, 5.41) is 5.46. The first-order valence-electron chi connectivity index (χ1n) is 12.2. The molecule has 0 bridgehead atoms. The minimum atomic E-state index is -0.216. The Morgan fingerprint density at radius 1 is 0.973 bits per heavy atom. The molecule has 1 N–H and O–H groups in total. The second-order valence-electron chi connectivity index (χ2n) is 9.41.